The fourth-order valence-electron chi connectivity index (χ4n) is 1.69. The molecule has 0 unspecified atom stereocenters. The van der Waals surface area contributed by atoms with Gasteiger partial charge in [-0.3, -0.25) is 0 Å². The fourth-order valence-corrected chi connectivity index (χ4v) is 2.81. The normalized spacial score (nSPS) is 11.6. The number of hydrogen-bond acceptors (Lipinski definition) is 3. The molecule has 19 heavy (non-hydrogen) atoms. The van der Waals surface area contributed by atoms with Crippen LogP contribution in [0.3, 0.4) is 0 Å². The van der Waals surface area contributed by atoms with Crippen LogP contribution in [0.5, 0.6) is 0 Å². The SMILES string of the molecule is CC(C)(C)c1nc(-c2ccc(F)cc2)sc1C(=O)O. The van der Waals surface area contributed by atoms with E-state index in [-0.39, 0.29) is 16.1 Å². The molecule has 1 aromatic carbocycles. The quantitative estimate of drug-likeness (QED) is 0.905. The van der Waals surface area contributed by atoms with E-state index >= 15 is 0 Å². The Morgan fingerprint density at radius 3 is 2.26 bits per heavy atom. The van der Waals surface area contributed by atoms with Crippen molar-refractivity contribution in [2.75, 3.05) is 0 Å². The minimum atomic E-state index is -0.976. The Hall–Kier alpha value is -1.75. The van der Waals surface area contributed by atoms with Gasteiger partial charge in [-0.2, -0.15) is 0 Å². The molecule has 2 rings (SSSR count). The summed E-state index contributed by atoms with van der Waals surface area (Å²) >= 11 is 1.12. The molecule has 3 nitrogen and oxygen atoms in total. The van der Waals surface area contributed by atoms with Gasteiger partial charge in [-0.25, -0.2) is 14.2 Å². The Labute approximate surface area is 114 Å². The molecule has 0 saturated carbocycles. The van der Waals surface area contributed by atoms with Gasteiger partial charge in [0.05, 0.1) is 5.69 Å². The van der Waals surface area contributed by atoms with E-state index in [4.69, 9.17) is 0 Å². The third-order valence-electron chi connectivity index (χ3n) is 2.62. The number of halogens is 1. The highest BCUT2D eigenvalue weighted by Crippen LogP contribution is 2.34. The summed E-state index contributed by atoms with van der Waals surface area (Å²) in [5, 5.41) is 9.84. The van der Waals surface area contributed by atoms with Gasteiger partial charge < -0.3 is 5.11 Å². The maximum absolute atomic E-state index is 12.9. The Bertz CT molecular complexity index is 611. The molecular weight excluding hydrogens is 265 g/mol. The third-order valence-corrected chi connectivity index (χ3v) is 3.72. The zero-order valence-electron chi connectivity index (χ0n) is 10.9. The highest BCUT2D eigenvalue weighted by molar-refractivity contribution is 7.17. The number of carboxylic acid groups (broad SMARTS) is 1. The second-order valence-corrected chi connectivity index (χ2v) is 6.26. The summed E-state index contributed by atoms with van der Waals surface area (Å²) in [5.74, 6) is -1.30. The van der Waals surface area contributed by atoms with Crippen molar-refractivity contribution >= 4 is 17.3 Å². The molecule has 0 atom stereocenters. The predicted molar refractivity (Wildman–Crippen MR) is 73.2 cm³/mol. The predicted octanol–water partition coefficient (Wildman–Crippen LogP) is 3.94. The standard InChI is InChI=1S/C14H14FNO2S/c1-14(2,3)11-10(13(17)18)19-12(16-11)8-4-6-9(15)7-5-8/h4-7H,1-3H3,(H,17,18). The van der Waals surface area contributed by atoms with Gasteiger partial charge in [0.2, 0.25) is 0 Å². The molecule has 0 aliphatic rings. The smallest absolute Gasteiger partial charge is 0.347 e. The lowest BCUT2D eigenvalue weighted by Gasteiger charge is -2.15. The van der Waals surface area contributed by atoms with Crippen molar-refractivity contribution in [2.45, 2.75) is 26.2 Å². The van der Waals surface area contributed by atoms with Crippen molar-refractivity contribution in [1.29, 1.82) is 0 Å². The number of carbonyl (C=O) groups is 1. The zero-order chi connectivity index (χ0) is 14.2. The van der Waals surface area contributed by atoms with Gasteiger partial charge in [0.25, 0.3) is 0 Å². The van der Waals surface area contributed by atoms with Crippen LogP contribution in [0.4, 0.5) is 4.39 Å². The molecule has 0 spiro atoms. The van der Waals surface area contributed by atoms with Gasteiger partial charge in [0.15, 0.2) is 0 Å². The lowest BCUT2D eigenvalue weighted by molar-refractivity contribution is 0.0699. The number of nitrogens with zero attached hydrogens (tertiary/aromatic N) is 1. The molecule has 0 radical (unpaired) electrons. The molecule has 0 bridgehead atoms. The van der Waals surface area contributed by atoms with E-state index in [9.17, 15) is 14.3 Å². The molecule has 0 saturated heterocycles. The van der Waals surface area contributed by atoms with Crippen LogP contribution in [0.25, 0.3) is 10.6 Å². The zero-order valence-corrected chi connectivity index (χ0v) is 11.7. The Morgan fingerprint density at radius 1 is 1.26 bits per heavy atom. The van der Waals surface area contributed by atoms with Gasteiger partial charge in [-0.15, -0.1) is 11.3 Å². The molecule has 0 fully saturated rings. The third kappa shape index (κ3) is 2.81. The van der Waals surface area contributed by atoms with E-state index in [1.165, 1.54) is 12.1 Å². The Morgan fingerprint density at radius 2 is 1.84 bits per heavy atom. The summed E-state index contributed by atoms with van der Waals surface area (Å²) in [6.07, 6.45) is 0. The molecule has 100 valence electrons. The summed E-state index contributed by atoms with van der Waals surface area (Å²) in [7, 11) is 0. The van der Waals surface area contributed by atoms with Crippen molar-refractivity contribution < 1.29 is 14.3 Å². The average Bonchev–Trinajstić information content (AvgIpc) is 2.74. The van der Waals surface area contributed by atoms with Crippen molar-refractivity contribution in [1.82, 2.24) is 4.98 Å². The van der Waals surface area contributed by atoms with Crippen LogP contribution in [0.1, 0.15) is 36.1 Å². The minimum absolute atomic E-state index is 0.242. The molecule has 5 heteroatoms. The van der Waals surface area contributed by atoms with E-state index in [0.29, 0.717) is 10.7 Å². The number of aromatic carboxylic acids is 1. The van der Waals surface area contributed by atoms with E-state index in [1.807, 2.05) is 20.8 Å². The van der Waals surface area contributed by atoms with Crippen molar-refractivity contribution in [3.63, 3.8) is 0 Å². The lowest BCUT2D eigenvalue weighted by Crippen LogP contribution is -2.16. The molecule has 0 amide bonds. The highest BCUT2D eigenvalue weighted by atomic mass is 32.1. The van der Waals surface area contributed by atoms with Crippen LogP contribution in [-0.2, 0) is 5.41 Å². The molecule has 0 aliphatic heterocycles. The van der Waals surface area contributed by atoms with Gasteiger partial charge in [0.1, 0.15) is 15.7 Å². The number of rotatable bonds is 2. The van der Waals surface area contributed by atoms with Crippen LogP contribution < -0.4 is 0 Å². The second-order valence-electron chi connectivity index (χ2n) is 5.26. The molecule has 0 aliphatic carbocycles. The van der Waals surface area contributed by atoms with Crippen LogP contribution in [0.15, 0.2) is 24.3 Å². The van der Waals surface area contributed by atoms with Gasteiger partial charge >= 0.3 is 5.97 Å². The number of carboxylic acids is 1. The van der Waals surface area contributed by atoms with Crippen molar-refractivity contribution in [3.05, 3.63) is 40.7 Å². The number of benzene rings is 1. The molecular formula is C14H14FNO2S. The van der Waals surface area contributed by atoms with Crippen LogP contribution in [0, 0.1) is 5.82 Å². The highest BCUT2D eigenvalue weighted by Gasteiger charge is 2.27. The van der Waals surface area contributed by atoms with E-state index < -0.39 is 5.97 Å². The average molecular weight is 279 g/mol. The van der Waals surface area contributed by atoms with Crippen molar-refractivity contribution in [3.8, 4) is 10.6 Å². The molecule has 1 heterocycles. The number of aromatic nitrogens is 1. The Balaban J connectivity index is 2.55. The maximum atomic E-state index is 12.9. The maximum Gasteiger partial charge on any atom is 0.347 e. The topological polar surface area (TPSA) is 50.2 Å². The fraction of sp³-hybridized carbons (Fsp3) is 0.286. The largest absolute Gasteiger partial charge is 0.477 e. The summed E-state index contributed by atoms with van der Waals surface area (Å²) in [6, 6.07) is 5.89. The van der Waals surface area contributed by atoms with E-state index in [1.54, 1.807) is 12.1 Å². The summed E-state index contributed by atoms with van der Waals surface area (Å²) in [6.45, 7) is 5.76. The summed E-state index contributed by atoms with van der Waals surface area (Å²) < 4.78 is 12.9. The van der Waals surface area contributed by atoms with Crippen LogP contribution in [-0.4, -0.2) is 16.1 Å². The summed E-state index contributed by atoms with van der Waals surface area (Å²) in [4.78, 5) is 15.9. The van der Waals surface area contributed by atoms with Crippen LogP contribution >= 0.6 is 11.3 Å². The number of hydrogen-bond donors (Lipinski definition) is 1. The molecule has 2 aromatic rings. The first kappa shape index (κ1) is 13.7. The van der Waals surface area contributed by atoms with E-state index in [0.717, 1.165) is 16.9 Å². The monoisotopic (exact) mass is 279 g/mol. The van der Waals surface area contributed by atoms with E-state index in [2.05, 4.69) is 4.98 Å². The van der Waals surface area contributed by atoms with Crippen molar-refractivity contribution in [2.24, 2.45) is 0 Å². The molecule has 1 N–H and O–H groups in total. The summed E-state index contributed by atoms with van der Waals surface area (Å²) in [5.41, 5.74) is 0.941. The van der Waals surface area contributed by atoms with Gasteiger partial charge in [-0.1, -0.05) is 20.8 Å². The van der Waals surface area contributed by atoms with Gasteiger partial charge in [0, 0.05) is 11.0 Å². The first-order valence-corrected chi connectivity index (χ1v) is 6.61. The van der Waals surface area contributed by atoms with Gasteiger partial charge in [-0.05, 0) is 24.3 Å². The first-order valence-electron chi connectivity index (χ1n) is 5.79. The Kier molecular flexibility index (Phi) is 3.41. The second kappa shape index (κ2) is 4.74. The first-order chi connectivity index (χ1) is 8.79. The minimum Gasteiger partial charge on any atom is -0.477 e. The number of thiazole rings is 1. The molecule has 1 aromatic heterocycles. The lowest BCUT2D eigenvalue weighted by atomic mass is 9.91. The van der Waals surface area contributed by atoms with Crippen LogP contribution in [0.2, 0.25) is 0 Å².